The molecule has 37 heavy (non-hydrogen) atoms. The summed E-state index contributed by atoms with van der Waals surface area (Å²) in [6.45, 7) is -0.0498. The van der Waals surface area contributed by atoms with Gasteiger partial charge in [-0.05, 0) is 30.3 Å². The Morgan fingerprint density at radius 3 is 2.76 bits per heavy atom. The van der Waals surface area contributed by atoms with Gasteiger partial charge in [0.05, 0.1) is 22.9 Å². The fraction of sp³-hybridized carbons (Fsp3) is 0.160. The first-order chi connectivity index (χ1) is 17.9. The third-order valence-electron chi connectivity index (χ3n) is 5.28. The summed E-state index contributed by atoms with van der Waals surface area (Å²) in [5, 5.41) is 2.51. The molecule has 2 aromatic heterocycles. The molecule has 12 heteroatoms. The number of alkyl halides is 2. The van der Waals surface area contributed by atoms with E-state index in [0.29, 0.717) is 27.6 Å². The zero-order chi connectivity index (χ0) is 25.8. The van der Waals surface area contributed by atoms with Gasteiger partial charge in [0.25, 0.3) is 0 Å². The fourth-order valence-corrected chi connectivity index (χ4v) is 3.83. The Morgan fingerprint density at radius 1 is 1.16 bits per heavy atom. The molecule has 0 spiro atoms. The van der Waals surface area contributed by atoms with Gasteiger partial charge in [-0.3, -0.25) is 9.79 Å². The number of carbonyl (C=O) groups excluding carboxylic acids is 1. The van der Waals surface area contributed by atoms with Crippen LogP contribution in [0, 0.1) is 0 Å². The van der Waals surface area contributed by atoms with Crippen LogP contribution in [0.3, 0.4) is 0 Å². The lowest BCUT2D eigenvalue weighted by Crippen LogP contribution is -2.48. The summed E-state index contributed by atoms with van der Waals surface area (Å²) in [6.07, 6.45) is 1.45. The first-order valence-corrected chi connectivity index (χ1v) is 11.5. The number of nitrogens with zero attached hydrogens (tertiary/aromatic N) is 5. The molecule has 2 aromatic carbocycles. The molecule has 5 rings (SSSR count). The van der Waals surface area contributed by atoms with Gasteiger partial charge in [-0.1, -0.05) is 48.0 Å². The summed E-state index contributed by atoms with van der Waals surface area (Å²) >= 11 is 6.32. The number of rotatable bonds is 8. The Bertz CT molecular complexity index is 1490. The highest BCUT2D eigenvalue weighted by atomic mass is 35.5. The van der Waals surface area contributed by atoms with Crippen molar-refractivity contribution in [3.8, 4) is 17.6 Å². The van der Waals surface area contributed by atoms with Gasteiger partial charge in [0, 0.05) is 6.42 Å². The molecule has 188 valence electrons. The summed E-state index contributed by atoms with van der Waals surface area (Å²) < 4.78 is 40.8. The van der Waals surface area contributed by atoms with E-state index in [1.807, 2.05) is 24.3 Å². The lowest BCUT2D eigenvalue weighted by atomic mass is 10.2. The molecule has 1 unspecified atom stereocenters. The Kier molecular flexibility index (Phi) is 6.78. The molecule has 0 bridgehead atoms. The lowest BCUT2D eigenvalue weighted by molar-refractivity contribution is -0.193. The number of aromatic nitrogens is 4. The Labute approximate surface area is 214 Å². The molecule has 0 fully saturated rings. The van der Waals surface area contributed by atoms with E-state index < -0.39 is 18.2 Å². The molecule has 1 atom stereocenters. The molecule has 3 heterocycles. The first kappa shape index (κ1) is 24.3. The van der Waals surface area contributed by atoms with Gasteiger partial charge in [-0.2, -0.15) is 13.8 Å². The normalized spacial score (nSPS) is 15.3. The number of hydrogen-bond donors (Lipinski definition) is 1. The third kappa shape index (κ3) is 5.41. The molecule has 0 saturated heterocycles. The van der Waals surface area contributed by atoms with Crippen LogP contribution in [0.5, 0.6) is 11.8 Å². The number of fused-ring (bicyclic) bond motifs is 1. The SMILES string of the molecule is O=C(NC1CC=CC(COc2nc3ccccc3n2-c2ncncc2Cl)=N1)C(F)(F)Oc1ccccc1. The minimum absolute atomic E-state index is 0.0498. The number of nitrogens with one attached hydrogen (secondary N) is 1. The second kappa shape index (κ2) is 10.3. The topological polar surface area (TPSA) is 104 Å². The van der Waals surface area contributed by atoms with Crippen molar-refractivity contribution in [3.05, 3.63) is 84.3 Å². The molecule has 1 amide bonds. The zero-order valence-electron chi connectivity index (χ0n) is 19.1. The predicted molar refractivity (Wildman–Crippen MR) is 132 cm³/mol. The van der Waals surface area contributed by atoms with Gasteiger partial charge < -0.3 is 14.8 Å². The number of imidazole rings is 1. The zero-order valence-corrected chi connectivity index (χ0v) is 19.8. The Hall–Kier alpha value is -4.38. The van der Waals surface area contributed by atoms with Crippen LogP contribution in [-0.4, -0.2) is 50.0 Å². The van der Waals surface area contributed by atoms with Crippen molar-refractivity contribution in [3.63, 3.8) is 0 Å². The van der Waals surface area contributed by atoms with Crippen LogP contribution in [0.25, 0.3) is 16.9 Å². The van der Waals surface area contributed by atoms with Crippen molar-refractivity contribution >= 4 is 34.3 Å². The summed E-state index contributed by atoms with van der Waals surface area (Å²) in [5.74, 6) is -1.34. The largest absolute Gasteiger partial charge is 0.482 e. The van der Waals surface area contributed by atoms with Crippen molar-refractivity contribution in [1.82, 2.24) is 24.8 Å². The number of para-hydroxylation sites is 3. The Balaban J connectivity index is 1.30. The number of amides is 1. The molecule has 0 aliphatic carbocycles. The number of dihydropyridines is 1. The van der Waals surface area contributed by atoms with Crippen LogP contribution in [0.2, 0.25) is 5.02 Å². The van der Waals surface area contributed by atoms with E-state index in [4.69, 9.17) is 16.3 Å². The van der Waals surface area contributed by atoms with E-state index in [9.17, 15) is 13.6 Å². The van der Waals surface area contributed by atoms with Gasteiger partial charge in [0.15, 0.2) is 5.82 Å². The van der Waals surface area contributed by atoms with Gasteiger partial charge in [-0.25, -0.2) is 14.5 Å². The van der Waals surface area contributed by atoms with Gasteiger partial charge in [0.2, 0.25) is 0 Å². The van der Waals surface area contributed by atoms with Crippen LogP contribution in [0.15, 0.2) is 84.3 Å². The van der Waals surface area contributed by atoms with Gasteiger partial charge in [0.1, 0.15) is 29.9 Å². The monoisotopic (exact) mass is 524 g/mol. The molecule has 1 aliphatic heterocycles. The third-order valence-corrected chi connectivity index (χ3v) is 5.55. The number of aliphatic imine (C=N–C) groups is 1. The minimum atomic E-state index is -4.07. The quantitative estimate of drug-likeness (QED) is 0.367. The molecule has 4 aromatic rings. The maximum absolute atomic E-state index is 14.3. The van der Waals surface area contributed by atoms with Crippen molar-refractivity contribution in [2.24, 2.45) is 4.99 Å². The summed E-state index contributed by atoms with van der Waals surface area (Å²) in [7, 11) is 0. The van der Waals surface area contributed by atoms with Crippen LogP contribution < -0.4 is 14.8 Å². The van der Waals surface area contributed by atoms with Crippen LogP contribution >= 0.6 is 11.6 Å². The lowest BCUT2D eigenvalue weighted by Gasteiger charge is -2.22. The maximum Gasteiger partial charge on any atom is 0.482 e. The van der Waals surface area contributed by atoms with Crippen molar-refractivity contribution in [2.75, 3.05) is 6.61 Å². The standard InChI is InChI=1S/C25H19ClF2N6O3/c26-18-13-29-15-30-22(18)34-20-11-5-4-10-19(20)32-24(34)36-14-16-7-6-12-21(31-16)33-23(35)25(27,28)37-17-8-2-1-3-9-17/h1-11,13,15,21H,12,14H2,(H,33,35). The van der Waals surface area contributed by atoms with E-state index in [0.717, 1.165) is 0 Å². The van der Waals surface area contributed by atoms with E-state index in [1.165, 1.54) is 36.8 Å². The van der Waals surface area contributed by atoms with Gasteiger partial charge in [-0.15, -0.1) is 0 Å². The number of halogens is 3. The second-order valence-corrected chi connectivity index (χ2v) is 8.29. The highest BCUT2D eigenvalue weighted by molar-refractivity contribution is 6.32. The number of carbonyl (C=O) groups is 1. The molecule has 9 nitrogen and oxygen atoms in total. The van der Waals surface area contributed by atoms with E-state index in [-0.39, 0.29) is 24.8 Å². The minimum Gasteiger partial charge on any atom is -0.458 e. The van der Waals surface area contributed by atoms with E-state index in [1.54, 1.807) is 22.8 Å². The molecule has 1 N–H and O–H groups in total. The summed E-state index contributed by atoms with van der Waals surface area (Å²) in [4.78, 5) is 29.2. The molecule has 0 saturated carbocycles. The second-order valence-electron chi connectivity index (χ2n) is 7.88. The average molecular weight is 525 g/mol. The highest BCUT2D eigenvalue weighted by Gasteiger charge is 2.43. The first-order valence-electron chi connectivity index (χ1n) is 11.1. The Morgan fingerprint density at radius 2 is 1.95 bits per heavy atom. The molecule has 0 radical (unpaired) electrons. The summed E-state index contributed by atoms with van der Waals surface area (Å²) in [6, 6.07) is 14.9. The number of benzene rings is 2. The van der Waals surface area contributed by atoms with Crippen molar-refractivity contribution in [1.29, 1.82) is 0 Å². The van der Waals surface area contributed by atoms with E-state index in [2.05, 4.69) is 30.0 Å². The molecular formula is C25H19ClF2N6O3. The van der Waals surface area contributed by atoms with Crippen LogP contribution in [0.1, 0.15) is 6.42 Å². The molecule has 1 aliphatic rings. The van der Waals surface area contributed by atoms with E-state index >= 15 is 0 Å². The smallest absolute Gasteiger partial charge is 0.458 e. The predicted octanol–water partition coefficient (Wildman–Crippen LogP) is 4.36. The summed E-state index contributed by atoms with van der Waals surface area (Å²) in [5.41, 5.74) is 1.78. The van der Waals surface area contributed by atoms with Crippen molar-refractivity contribution in [2.45, 2.75) is 18.7 Å². The average Bonchev–Trinajstić information content (AvgIpc) is 3.26. The van der Waals surface area contributed by atoms with Crippen LogP contribution in [0.4, 0.5) is 8.78 Å². The molecular weight excluding hydrogens is 506 g/mol. The highest BCUT2D eigenvalue weighted by Crippen LogP contribution is 2.28. The maximum atomic E-state index is 14.3. The fourth-order valence-electron chi connectivity index (χ4n) is 3.64. The van der Waals surface area contributed by atoms with Gasteiger partial charge >= 0.3 is 18.0 Å². The van der Waals surface area contributed by atoms with Crippen LogP contribution in [-0.2, 0) is 4.79 Å². The number of ether oxygens (including phenoxy) is 2. The number of hydrogen-bond acceptors (Lipinski definition) is 7. The van der Waals surface area contributed by atoms with Crippen molar-refractivity contribution < 1.29 is 23.0 Å².